The molecular weight excluding hydrogens is 196 g/mol. The van der Waals surface area contributed by atoms with Gasteiger partial charge < -0.3 is 10.6 Å². The van der Waals surface area contributed by atoms with E-state index in [1.54, 1.807) is 11.3 Å². The highest BCUT2D eigenvalue weighted by molar-refractivity contribution is 7.08. The van der Waals surface area contributed by atoms with Crippen molar-refractivity contribution in [2.75, 3.05) is 5.32 Å². The van der Waals surface area contributed by atoms with E-state index in [0.717, 1.165) is 5.69 Å². The van der Waals surface area contributed by atoms with Gasteiger partial charge in [0, 0.05) is 11.4 Å². The number of hydrogen-bond acceptors (Lipinski definition) is 3. The fourth-order valence-corrected chi connectivity index (χ4v) is 1.85. The summed E-state index contributed by atoms with van der Waals surface area (Å²) in [7, 11) is 0. The number of amides is 1. The highest BCUT2D eigenvalue weighted by atomic mass is 32.1. The molecule has 1 amide bonds. The van der Waals surface area contributed by atoms with Gasteiger partial charge in [0.05, 0.1) is 11.7 Å². The van der Waals surface area contributed by atoms with Crippen LogP contribution < -0.4 is 10.6 Å². The summed E-state index contributed by atoms with van der Waals surface area (Å²) in [6.45, 7) is 1.90. The molecule has 4 heteroatoms. The van der Waals surface area contributed by atoms with Crippen molar-refractivity contribution in [2.45, 2.75) is 31.8 Å². The van der Waals surface area contributed by atoms with E-state index in [-0.39, 0.29) is 11.9 Å². The minimum Gasteiger partial charge on any atom is -0.324 e. The smallest absolute Gasteiger partial charge is 0.241 e. The lowest BCUT2D eigenvalue weighted by molar-refractivity contribution is -0.117. The molecule has 0 spiro atoms. The molecule has 14 heavy (non-hydrogen) atoms. The van der Waals surface area contributed by atoms with E-state index in [9.17, 15) is 4.79 Å². The largest absolute Gasteiger partial charge is 0.324 e. The highest BCUT2D eigenvalue weighted by Gasteiger charge is 2.25. The first-order valence-electron chi connectivity index (χ1n) is 4.85. The average Bonchev–Trinajstić information content (AvgIpc) is 2.81. The zero-order valence-corrected chi connectivity index (χ0v) is 8.93. The van der Waals surface area contributed by atoms with Crippen molar-refractivity contribution >= 4 is 22.9 Å². The van der Waals surface area contributed by atoms with E-state index in [0.29, 0.717) is 6.04 Å². The number of carbonyl (C=O) groups excluding carboxylic acids is 1. The number of hydrogen-bond donors (Lipinski definition) is 2. The molecular formula is C10H14N2OS. The van der Waals surface area contributed by atoms with Gasteiger partial charge in [-0.1, -0.05) is 0 Å². The average molecular weight is 210 g/mol. The number of carbonyl (C=O) groups is 1. The molecule has 0 radical (unpaired) electrons. The predicted octanol–water partition coefficient (Wildman–Crippen LogP) is 1.83. The van der Waals surface area contributed by atoms with E-state index in [1.165, 1.54) is 12.8 Å². The number of thiophene rings is 1. The van der Waals surface area contributed by atoms with E-state index in [1.807, 2.05) is 23.8 Å². The third-order valence-electron chi connectivity index (χ3n) is 2.25. The molecule has 1 unspecified atom stereocenters. The Bertz CT molecular complexity index is 306. The van der Waals surface area contributed by atoms with Crippen molar-refractivity contribution in [3.63, 3.8) is 0 Å². The number of anilines is 1. The first-order chi connectivity index (χ1) is 6.75. The van der Waals surface area contributed by atoms with Crippen molar-refractivity contribution in [1.29, 1.82) is 0 Å². The maximum absolute atomic E-state index is 11.6. The summed E-state index contributed by atoms with van der Waals surface area (Å²) in [5.41, 5.74) is 0.893. The van der Waals surface area contributed by atoms with Crippen molar-refractivity contribution in [1.82, 2.24) is 5.32 Å². The first-order valence-corrected chi connectivity index (χ1v) is 5.79. The van der Waals surface area contributed by atoms with E-state index in [2.05, 4.69) is 10.6 Å². The Morgan fingerprint density at radius 3 is 3.00 bits per heavy atom. The van der Waals surface area contributed by atoms with Gasteiger partial charge in [0.2, 0.25) is 5.91 Å². The second-order valence-corrected chi connectivity index (χ2v) is 4.44. The van der Waals surface area contributed by atoms with Crippen LogP contribution in [0.4, 0.5) is 5.69 Å². The Hall–Kier alpha value is -0.870. The molecule has 1 aromatic rings. The maximum atomic E-state index is 11.6. The zero-order valence-electron chi connectivity index (χ0n) is 8.12. The van der Waals surface area contributed by atoms with Gasteiger partial charge in [-0.25, -0.2) is 0 Å². The van der Waals surface area contributed by atoms with Gasteiger partial charge in [0.25, 0.3) is 0 Å². The van der Waals surface area contributed by atoms with Crippen LogP contribution in [0, 0.1) is 0 Å². The molecule has 0 aliphatic heterocycles. The van der Waals surface area contributed by atoms with Gasteiger partial charge in [-0.2, -0.15) is 11.3 Å². The van der Waals surface area contributed by atoms with Crippen LogP contribution in [-0.2, 0) is 4.79 Å². The Balaban J connectivity index is 1.81. The summed E-state index contributed by atoms with van der Waals surface area (Å²) in [6.07, 6.45) is 2.41. The van der Waals surface area contributed by atoms with Crippen LogP contribution in [0.2, 0.25) is 0 Å². The summed E-state index contributed by atoms with van der Waals surface area (Å²) < 4.78 is 0. The molecule has 1 aliphatic rings. The Labute approximate surface area is 87.5 Å². The van der Waals surface area contributed by atoms with Gasteiger partial charge in [0.15, 0.2) is 0 Å². The zero-order chi connectivity index (χ0) is 9.97. The fraction of sp³-hybridized carbons (Fsp3) is 0.500. The maximum Gasteiger partial charge on any atom is 0.241 e. The van der Waals surface area contributed by atoms with E-state index >= 15 is 0 Å². The van der Waals surface area contributed by atoms with Gasteiger partial charge in [-0.15, -0.1) is 0 Å². The SMILES string of the molecule is CC(NC1CC1)C(=O)Nc1ccsc1. The van der Waals surface area contributed by atoms with Crippen molar-refractivity contribution < 1.29 is 4.79 Å². The Morgan fingerprint density at radius 1 is 1.64 bits per heavy atom. The molecule has 76 valence electrons. The van der Waals surface area contributed by atoms with Crippen LogP contribution in [0.15, 0.2) is 16.8 Å². The lowest BCUT2D eigenvalue weighted by Crippen LogP contribution is -2.39. The minimum atomic E-state index is -0.0950. The standard InChI is InChI=1S/C10H14N2OS/c1-7(11-8-2-3-8)10(13)12-9-4-5-14-6-9/h4-8,11H,2-3H2,1H3,(H,12,13). The van der Waals surface area contributed by atoms with Gasteiger partial charge >= 0.3 is 0 Å². The van der Waals surface area contributed by atoms with Gasteiger partial charge in [-0.3, -0.25) is 4.79 Å². The van der Waals surface area contributed by atoms with Crippen LogP contribution >= 0.6 is 11.3 Å². The quantitative estimate of drug-likeness (QED) is 0.796. The molecule has 2 N–H and O–H groups in total. The molecule has 0 aromatic carbocycles. The summed E-state index contributed by atoms with van der Waals surface area (Å²) in [5, 5.41) is 10.0. The predicted molar refractivity (Wildman–Crippen MR) is 58.6 cm³/mol. The number of nitrogens with one attached hydrogen (secondary N) is 2. The van der Waals surface area contributed by atoms with Crippen LogP contribution in [0.5, 0.6) is 0 Å². The van der Waals surface area contributed by atoms with E-state index < -0.39 is 0 Å². The van der Waals surface area contributed by atoms with Gasteiger partial charge in [-0.05, 0) is 31.2 Å². The molecule has 0 bridgehead atoms. The first kappa shape index (κ1) is 9.68. The van der Waals surface area contributed by atoms with Crippen molar-refractivity contribution in [3.8, 4) is 0 Å². The summed E-state index contributed by atoms with van der Waals surface area (Å²) in [4.78, 5) is 11.6. The van der Waals surface area contributed by atoms with Gasteiger partial charge in [0.1, 0.15) is 0 Å². The minimum absolute atomic E-state index is 0.0512. The Morgan fingerprint density at radius 2 is 2.43 bits per heavy atom. The molecule has 1 aromatic heterocycles. The molecule has 1 heterocycles. The summed E-state index contributed by atoms with van der Waals surface area (Å²) >= 11 is 1.58. The monoisotopic (exact) mass is 210 g/mol. The lowest BCUT2D eigenvalue weighted by Gasteiger charge is -2.12. The molecule has 1 saturated carbocycles. The second kappa shape index (κ2) is 4.11. The van der Waals surface area contributed by atoms with Crippen molar-refractivity contribution in [3.05, 3.63) is 16.8 Å². The van der Waals surface area contributed by atoms with Crippen molar-refractivity contribution in [2.24, 2.45) is 0 Å². The third kappa shape index (κ3) is 2.56. The molecule has 0 saturated heterocycles. The van der Waals surface area contributed by atoms with Crippen LogP contribution in [0.3, 0.4) is 0 Å². The highest BCUT2D eigenvalue weighted by Crippen LogP contribution is 2.19. The van der Waals surface area contributed by atoms with Crippen LogP contribution in [-0.4, -0.2) is 18.0 Å². The van der Waals surface area contributed by atoms with Crippen LogP contribution in [0.1, 0.15) is 19.8 Å². The van der Waals surface area contributed by atoms with E-state index in [4.69, 9.17) is 0 Å². The lowest BCUT2D eigenvalue weighted by atomic mass is 10.3. The Kier molecular flexibility index (Phi) is 2.84. The molecule has 3 nitrogen and oxygen atoms in total. The summed E-state index contributed by atoms with van der Waals surface area (Å²) in [6, 6.07) is 2.38. The second-order valence-electron chi connectivity index (χ2n) is 3.66. The topological polar surface area (TPSA) is 41.1 Å². The van der Waals surface area contributed by atoms with Crippen LogP contribution in [0.25, 0.3) is 0 Å². The molecule has 1 atom stereocenters. The summed E-state index contributed by atoms with van der Waals surface area (Å²) in [5.74, 6) is 0.0512. The normalized spacial score (nSPS) is 17.8. The fourth-order valence-electron chi connectivity index (χ4n) is 1.27. The molecule has 1 aliphatic carbocycles. The third-order valence-corrected chi connectivity index (χ3v) is 2.93. The molecule has 2 rings (SSSR count). The molecule has 1 fully saturated rings. The number of rotatable bonds is 4.